The van der Waals surface area contributed by atoms with Gasteiger partial charge in [-0.2, -0.15) is 0 Å². The highest BCUT2D eigenvalue weighted by Crippen LogP contribution is 2.18. The number of rotatable bonds is 4. The minimum absolute atomic E-state index is 0.0130. The predicted molar refractivity (Wildman–Crippen MR) is 77.6 cm³/mol. The molecule has 19 heavy (non-hydrogen) atoms. The third kappa shape index (κ3) is 2.70. The van der Waals surface area contributed by atoms with Crippen molar-refractivity contribution in [2.75, 3.05) is 26.7 Å². The summed E-state index contributed by atoms with van der Waals surface area (Å²) in [5.74, 6) is 1.49. The van der Waals surface area contributed by atoms with Crippen molar-refractivity contribution in [2.24, 2.45) is 5.92 Å². The second-order valence-electron chi connectivity index (χ2n) is 5.10. The summed E-state index contributed by atoms with van der Waals surface area (Å²) in [6.45, 7) is 3.95. The standard InChI is InChI=1S/C13H18N4OS/c1-14-6-9-2-4-17(7-9)8-11-15-10-3-5-19-12(10)13(18)16-11/h3,5,9,14H,2,4,6-8H2,1H3,(H,15,16,18). The van der Waals surface area contributed by atoms with Gasteiger partial charge in [-0.1, -0.05) is 0 Å². The van der Waals surface area contributed by atoms with Crippen molar-refractivity contribution in [3.63, 3.8) is 0 Å². The molecule has 1 fully saturated rings. The summed E-state index contributed by atoms with van der Waals surface area (Å²) in [6, 6.07) is 1.91. The van der Waals surface area contributed by atoms with Crippen LogP contribution in [0.4, 0.5) is 0 Å². The summed E-state index contributed by atoms with van der Waals surface area (Å²) in [4.78, 5) is 21.7. The van der Waals surface area contributed by atoms with E-state index in [9.17, 15) is 4.79 Å². The lowest BCUT2D eigenvalue weighted by atomic mass is 10.1. The van der Waals surface area contributed by atoms with E-state index in [1.807, 2.05) is 18.5 Å². The molecule has 2 aromatic heterocycles. The first-order valence-electron chi connectivity index (χ1n) is 6.59. The van der Waals surface area contributed by atoms with E-state index in [1.165, 1.54) is 17.8 Å². The lowest BCUT2D eigenvalue weighted by molar-refractivity contribution is 0.307. The quantitative estimate of drug-likeness (QED) is 0.877. The van der Waals surface area contributed by atoms with Crippen LogP contribution < -0.4 is 10.9 Å². The summed E-state index contributed by atoms with van der Waals surface area (Å²) in [5, 5.41) is 5.14. The highest BCUT2D eigenvalue weighted by molar-refractivity contribution is 7.17. The SMILES string of the molecule is CNCC1CCN(Cc2nc3ccsc3c(=O)[nH]2)C1. The van der Waals surface area contributed by atoms with Gasteiger partial charge in [-0.05, 0) is 43.9 Å². The van der Waals surface area contributed by atoms with Gasteiger partial charge in [0, 0.05) is 6.54 Å². The Hall–Kier alpha value is -1.24. The van der Waals surface area contributed by atoms with Gasteiger partial charge in [-0.15, -0.1) is 11.3 Å². The normalized spacial score (nSPS) is 20.4. The molecule has 0 spiro atoms. The van der Waals surface area contributed by atoms with E-state index in [2.05, 4.69) is 20.2 Å². The lowest BCUT2D eigenvalue weighted by Crippen LogP contribution is -2.26. The number of likely N-dealkylation sites (tertiary alicyclic amines) is 1. The van der Waals surface area contributed by atoms with Gasteiger partial charge in [-0.3, -0.25) is 9.69 Å². The Morgan fingerprint density at radius 3 is 3.37 bits per heavy atom. The minimum atomic E-state index is -0.0130. The zero-order valence-electron chi connectivity index (χ0n) is 11.0. The number of hydrogen-bond acceptors (Lipinski definition) is 5. The molecule has 0 amide bonds. The Labute approximate surface area is 115 Å². The van der Waals surface area contributed by atoms with Crippen molar-refractivity contribution in [2.45, 2.75) is 13.0 Å². The van der Waals surface area contributed by atoms with Crippen LogP contribution in [0, 0.1) is 5.92 Å². The highest BCUT2D eigenvalue weighted by Gasteiger charge is 2.22. The number of aromatic amines is 1. The van der Waals surface area contributed by atoms with E-state index in [-0.39, 0.29) is 5.56 Å². The predicted octanol–water partition coefficient (Wildman–Crippen LogP) is 1.03. The number of fused-ring (bicyclic) bond motifs is 1. The molecule has 0 aliphatic carbocycles. The van der Waals surface area contributed by atoms with Crippen molar-refractivity contribution in [3.05, 3.63) is 27.6 Å². The van der Waals surface area contributed by atoms with Crippen LogP contribution in [0.5, 0.6) is 0 Å². The molecule has 1 saturated heterocycles. The fraction of sp³-hybridized carbons (Fsp3) is 0.538. The van der Waals surface area contributed by atoms with E-state index in [1.54, 1.807) is 0 Å². The molecule has 1 aliphatic heterocycles. The van der Waals surface area contributed by atoms with Gasteiger partial charge in [0.1, 0.15) is 10.5 Å². The average Bonchev–Trinajstić information content (AvgIpc) is 2.99. The zero-order chi connectivity index (χ0) is 13.2. The molecule has 3 rings (SSSR count). The number of H-pyrrole nitrogens is 1. The van der Waals surface area contributed by atoms with Crippen LogP contribution in [-0.2, 0) is 6.54 Å². The van der Waals surface area contributed by atoms with E-state index in [4.69, 9.17) is 0 Å². The van der Waals surface area contributed by atoms with Crippen molar-refractivity contribution in [1.29, 1.82) is 0 Å². The fourth-order valence-electron chi connectivity index (χ4n) is 2.72. The maximum atomic E-state index is 11.9. The fourth-order valence-corrected chi connectivity index (χ4v) is 3.45. The Balaban J connectivity index is 1.73. The van der Waals surface area contributed by atoms with Crippen LogP contribution in [0.2, 0.25) is 0 Å². The van der Waals surface area contributed by atoms with Crippen LogP contribution in [0.3, 0.4) is 0 Å². The topological polar surface area (TPSA) is 61.0 Å². The molecule has 5 nitrogen and oxygen atoms in total. The number of hydrogen-bond donors (Lipinski definition) is 2. The van der Waals surface area contributed by atoms with Gasteiger partial charge in [0.15, 0.2) is 0 Å². The third-order valence-corrected chi connectivity index (χ3v) is 4.50. The Bertz CT molecular complexity index is 620. The molecular formula is C13H18N4OS. The van der Waals surface area contributed by atoms with E-state index in [0.717, 1.165) is 42.2 Å². The number of thiophene rings is 1. The monoisotopic (exact) mass is 278 g/mol. The lowest BCUT2D eigenvalue weighted by Gasteiger charge is -2.15. The zero-order valence-corrected chi connectivity index (χ0v) is 11.8. The maximum Gasteiger partial charge on any atom is 0.268 e. The van der Waals surface area contributed by atoms with Crippen molar-refractivity contribution < 1.29 is 0 Å². The molecule has 102 valence electrons. The molecule has 2 N–H and O–H groups in total. The largest absolute Gasteiger partial charge is 0.319 e. The van der Waals surface area contributed by atoms with Gasteiger partial charge in [0.05, 0.1) is 12.1 Å². The molecule has 0 saturated carbocycles. The van der Waals surface area contributed by atoms with Gasteiger partial charge in [0.2, 0.25) is 0 Å². The number of aromatic nitrogens is 2. The maximum absolute atomic E-state index is 11.9. The minimum Gasteiger partial charge on any atom is -0.319 e. The molecule has 1 atom stereocenters. The molecule has 0 radical (unpaired) electrons. The van der Waals surface area contributed by atoms with Gasteiger partial charge < -0.3 is 10.3 Å². The number of nitrogens with one attached hydrogen (secondary N) is 2. The second kappa shape index (κ2) is 5.40. The highest BCUT2D eigenvalue weighted by atomic mass is 32.1. The first-order chi connectivity index (χ1) is 9.26. The Morgan fingerprint density at radius 1 is 1.63 bits per heavy atom. The third-order valence-electron chi connectivity index (χ3n) is 3.60. The van der Waals surface area contributed by atoms with Crippen molar-refractivity contribution in [1.82, 2.24) is 20.2 Å². The van der Waals surface area contributed by atoms with Crippen molar-refractivity contribution in [3.8, 4) is 0 Å². The molecule has 0 aromatic carbocycles. The van der Waals surface area contributed by atoms with E-state index in [0.29, 0.717) is 5.92 Å². The second-order valence-corrected chi connectivity index (χ2v) is 6.01. The van der Waals surface area contributed by atoms with E-state index < -0.39 is 0 Å². The summed E-state index contributed by atoms with van der Waals surface area (Å²) >= 11 is 1.44. The van der Waals surface area contributed by atoms with Gasteiger partial charge in [-0.25, -0.2) is 4.98 Å². The summed E-state index contributed by atoms with van der Waals surface area (Å²) in [7, 11) is 1.99. The molecule has 1 aliphatic rings. The first-order valence-corrected chi connectivity index (χ1v) is 7.47. The molecule has 1 unspecified atom stereocenters. The average molecular weight is 278 g/mol. The molecular weight excluding hydrogens is 260 g/mol. The van der Waals surface area contributed by atoms with Crippen LogP contribution in [-0.4, -0.2) is 41.5 Å². The van der Waals surface area contributed by atoms with Gasteiger partial charge >= 0.3 is 0 Å². The smallest absolute Gasteiger partial charge is 0.268 e. The van der Waals surface area contributed by atoms with Crippen LogP contribution >= 0.6 is 11.3 Å². The number of nitrogens with zero attached hydrogens (tertiary/aromatic N) is 2. The summed E-state index contributed by atoms with van der Waals surface area (Å²) in [5.41, 5.74) is 0.802. The molecule has 3 heterocycles. The van der Waals surface area contributed by atoms with Gasteiger partial charge in [0.25, 0.3) is 5.56 Å². The van der Waals surface area contributed by atoms with Crippen molar-refractivity contribution >= 4 is 21.6 Å². The summed E-state index contributed by atoms with van der Waals surface area (Å²) in [6.07, 6.45) is 1.21. The van der Waals surface area contributed by atoms with Crippen LogP contribution in [0.1, 0.15) is 12.2 Å². The van der Waals surface area contributed by atoms with E-state index >= 15 is 0 Å². The Kier molecular flexibility index (Phi) is 3.63. The Morgan fingerprint density at radius 2 is 2.53 bits per heavy atom. The molecule has 6 heteroatoms. The molecule has 0 bridgehead atoms. The van der Waals surface area contributed by atoms with Crippen LogP contribution in [0.25, 0.3) is 10.2 Å². The van der Waals surface area contributed by atoms with Crippen LogP contribution in [0.15, 0.2) is 16.2 Å². The molecule has 2 aromatic rings. The summed E-state index contributed by atoms with van der Waals surface area (Å²) < 4.78 is 0.721. The first kappa shape index (κ1) is 12.8.